The Kier molecular flexibility index (Phi) is 8.58. The molecule has 1 saturated heterocycles. The smallest absolute Gasteiger partial charge is 0.223 e. The minimum atomic E-state index is 0. The van der Waals surface area contributed by atoms with Crippen LogP contribution in [-0.2, 0) is 6.54 Å². The third kappa shape index (κ3) is 6.60. The Bertz CT molecular complexity index is 430. The number of hydrogen-bond donors (Lipinski definition) is 2. The van der Waals surface area contributed by atoms with Crippen LogP contribution >= 0.6 is 24.0 Å². The summed E-state index contributed by atoms with van der Waals surface area (Å²) in [4.78, 5) is 10.8. The monoisotopic (exact) mass is 408 g/mol. The largest absolute Gasteiger partial charge is 0.355 e. The van der Waals surface area contributed by atoms with E-state index in [-0.39, 0.29) is 24.0 Å². The van der Waals surface area contributed by atoms with Crippen molar-refractivity contribution in [3.8, 4) is 0 Å². The van der Waals surface area contributed by atoms with Crippen molar-refractivity contribution in [3.63, 3.8) is 0 Å². The number of nitrogens with zero attached hydrogens (tertiary/aromatic N) is 4. The van der Waals surface area contributed by atoms with Gasteiger partial charge in [0.15, 0.2) is 11.8 Å². The predicted molar refractivity (Wildman–Crippen MR) is 92.9 cm³/mol. The maximum absolute atomic E-state index is 4.92. The topological polar surface area (TPSA) is 78.6 Å². The van der Waals surface area contributed by atoms with Gasteiger partial charge in [0.25, 0.3) is 0 Å². The number of likely N-dealkylation sites (tertiary alicyclic amines) is 1. The number of hydrogen-bond acceptors (Lipinski definition) is 5. The molecule has 0 radical (unpaired) electrons. The molecule has 1 aromatic rings. The van der Waals surface area contributed by atoms with Crippen LogP contribution in [-0.4, -0.2) is 54.2 Å². The van der Waals surface area contributed by atoms with Crippen molar-refractivity contribution in [2.45, 2.75) is 32.7 Å². The number of rotatable bonds is 5. The Morgan fingerprint density at radius 3 is 2.67 bits per heavy atom. The molecule has 2 heterocycles. The van der Waals surface area contributed by atoms with Crippen LogP contribution in [0.2, 0.25) is 0 Å². The van der Waals surface area contributed by atoms with Gasteiger partial charge in [-0.3, -0.25) is 4.99 Å². The Morgan fingerprint density at radius 1 is 1.29 bits per heavy atom. The van der Waals surface area contributed by atoms with E-state index >= 15 is 0 Å². The van der Waals surface area contributed by atoms with Gasteiger partial charge in [-0.1, -0.05) is 11.6 Å². The molecule has 1 aromatic heterocycles. The molecule has 0 bridgehead atoms. The highest BCUT2D eigenvalue weighted by atomic mass is 127. The first kappa shape index (κ1) is 18.1. The van der Waals surface area contributed by atoms with E-state index in [0.717, 1.165) is 19.0 Å². The van der Waals surface area contributed by atoms with Crippen molar-refractivity contribution in [1.29, 1.82) is 0 Å². The first-order valence-electron chi connectivity index (χ1n) is 7.24. The lowest BCUT2D eigenvalue weighted by Gasteiger charge is -2.26. The molecule has 2 N–H and O–H groups in total. The molecule has 0 spiro atoms. The molecule has 1 aliphatic heterocycles. The number of guanidine groups is 1. The van der Waals surface area contributed by atoms with E-state index in [2.05, 4.69) is 30.7 Å². The van der Waals surface area contributed by atoms with Crippen LogP contribution in [0.4, 0.5) is 0 Å². The summed E-state index contributed by atoms with van der Waals surface area (Å²) in [6, 6.07) is 0. The second-order valence-electron chi connectivity index (χ2n) is 4.98. The van der Waals surface area contributed by atoms with Crippen LogP contribution in [0.1, 0.15) is 31.0 Å². The fourth-order valence-electron chi connectivity index (χ4n) is 2.31. The van der Waals surface area contributed by atoms with Crippen LogP contribution in [0.3, 0.4) is 0 Å². The van der Waals surface area contributed by atoms with Gasteiger partial charge in [-0.05, 0) is 25.9 Å². The van der Waals surface area contributed by atoms with Gasteiger partial charge in [0.1, 0.15) is 0 Å². The van der Waals surface area contributed by atoms with Gasteiger partial charge < -0.3 is 20.1 Å². The molecule has 1 aliphatic rings. The van der Waals surface area contributed by atoms with Crippen LogP contribution in [0.5, 0.6) is 0 Å². The number of nitrogens with one attached hydrogen (secondary N) is 2. The van der Waals surface area contributed by atoms with Gasteiger partial charge in [-0.2, -0.15) is 4.98 Å². The Labute approximate surface area is 143 Å². The Hall–Kier alpha value is -0.900. The molecule has 0 atom stereocenters. The van der Waals surface area contributed by atoms with Crippen molar-refractivity contribution in [1.82, 2.24) is 25.7 Å². The SMILES string of the molecule is CN=C(NCCN1CCCCC1)NCc1noc(C)n1.I. The summed E-state index contributed by atoms with van der Waals surface area (Å²) >= 11 is 0. The summed E-state index contributed by atoms with van der Waals surface area (Å²) in [7, 11) is 1.76. The van der Waals surface area contributed by atoms with E-state index in [1.165, 1.54) is 32.4 Å². The summed E-state index contributed by atoms with van der Waals surface area (Å²) in [6.45, 7) is 6.68. The van der Waals surface area contributed by atoms with Crippen LogP contribution < -0.4 is 10.6 Å². The molecule has 21 heavy (non-hydrogen) atoms. The molecule has 0 amide bonds. The van der Waals surface area contributed by atoms with E-state index < -0.39 is 0 Å². The zero-order chi connectivity index (χ0) is 14.2. The molecule has 0 aliphatic carbocycles. The first-order chi connectivity index (χ1) is 9.78. The third-order valence-electron chi connectivity index (χ3n) is 3.38. The summed E-state index contributed by atoms with van der Waals surface area (Å²) in [6.07, 6.45) is 4.02. The average molecular weight is 408 g/mol. The van der Waals surface area contributed by atoms with Crippen molar-refractivity contribution >= 4 is 29.9 Å². The Balaban J connectivity index is 0.00000220. The normalized spacial score (nSPS) is 16.4. The van der Waals surface area contributed by atoms with Crippen molar-refractivity contribution in [2.24, 2.45) is 4.99 Å². The first-order valence-corrected chi connectivity index (χ1v) is 7.24. The van der Waals surface area contributed by atoms with E-state index in [1.54, 1.807) is 14.0 Å². The van der Waals surface area contributed by atoms with E-state index in [4.69, 9.17) is 4.52 Å². The maximum atomic E-state index is 4.92. The number of aryl methyl sites for hydroxylation is 1. The third-order valence-corrected chi connectivity index (χ3v) is 3.38. The summed E-state index contributed by atoms with van der Waals surface area (Å²) in [5.74, 6) is 1.99. The Morgan fingerprint density at radius 2 is 2.05 bits per heavy atom. The van der Waals surface area contributed by atoms with Gasteiger partial charge in [-0.25, -0.2) is 0 Å². The minimum absolute atomic E-state index is 0. The van der Waals surface area contributed by atoms with Gasteiger partial charge >= 0.3 is 0 Å². The van der Waals surface area contributed by atoms with E-state index in [9.17, 15) is 0 Å². The maximum Gasteiger partial charge on any atom is 0.223 e. The second-order valence-corrected chi connectivity index (χ2v) is 4.98. The lowest BCUT2D eigenvalue weighted by atomic mass is 10.1. The van der Waals surface area contributed by atoms with Crippen LogP contribution in [0.15, 0.2) is 9.52 Å². The standard InChI is InChI=1S/C13H24N6O.HI/c1-11-17-12(18-20-11)10-16-13(14-2)15-6-9-19-7-4-3-5-8-19;/h3-10H2,1-2H3,(H2,14,15,16);1H. The molecule has 0 saturated carbocycles. The number of aromatic nitrogens is 2. The van der Waals surface area contributed by atoms with Gasteiger partial charge in [0.2, 0.25) is 5.89 Å². The van der Waals surface area contributed by atoms with E-state index in [0.29, 0.717) is 18.3 Å². The van der Waals surface area contributed by atoms with Crippen molar-refractivity contribution < 1.29 is 4.52 Å². The number of aliphatic imine (C=N–C) groups is 1. The predicted octanol–water partition coefficient (Wildman–Crippen LogP) is 1.15. The van der Waals surface area contributed by atoms with Crippen LogP contribution in [0, 0.1) is 6.92 Å². The molecular formula is C13H25IN6O. The zero-order valence-electron chi connectivity index (χ0n) is 12.8. The highest BCUT2D eigenvalue weighted by molar-refractivity contribution is 14.0. The molecular weight excluding hydrogens is 383 g/mol. The van der Waals surface area contributed by atoms with Gasteiger partial charge in [0, 0.05) is 27.1 Å². The molecule has 0 unspecified atom stereocenters. The fraction of sp³-hybridized carbons (Fsp3) is 0.769. The number of halogens is 1. The highest BCUT2D eigenvalue weighted by Gasteiger charge is 2.09. The molecule has 2 rings (SSSR count). The van der Waals surface area contributed by atoms with Gasteiger partial charge in [0.05, 0.1) is 6.54 Å². The summed E-state index contributed by atoms with van der Waals surface area (Å²) < 4.78 is 4.92. The molecule has 120 valence electrons. The molecule has 0 aromatic carbocycles. The average Bonchev–Trinajstić information content (AvgIpc) is 2.89. The quantitative estimate of drug-likeness (QED) is 0.433. The lowest BCUT2D eigenvalue weighted by Crippen LogP contribution is -2.42. The lowest BCUT2D eigenvalue weighted by molar-refractivity contribution is 0.232. The summed E-state index contributed by atoms with van der Waals surface area (Å²) in [5.41, 5.74) is 0. The number of piperidine rings is 1. The van der Waals surface area contributed by atoms with Crippen molar-refractivity contribution in [2.75, 3.05) is 33.2 Å². The molecule has 1 fully saturated rings. The van der Waals surface area contributed by atoms with E-state index in [1.807, 2.05) is 0 Å². The fourth-order valence-corrected chi connectivity index (χ4v) is 2.31. The summed E-state index contributed by atoms with van der Waals surface area (Å²) in [5, 5.41) is 10.3. The van der Waals surface area contributed by atoms with Gasteiger partial charge in [-0.15, -0.1) is 24.0 Å². The van der Waals surface area contributed by atoms with Crippen LogP contribution in [0.25, 0.3) is 0 Å². The molecule has 8 heteroatoms. The zero-order valence-corrected chi connectivity index (χ0v) is 15.1. The van der Waals surface area contributed by atoms with Crippen molar-refractivity contribution in [3.05, 3.63) is 11.7 Å². The molecule has 7 nitrogen and oxygen atoms in total. The second kappa shape index (κ2) is 9.93. The highest BCUT2D eigenvalue weighted by Crippen LogP contribution is 2.07. The minimum Gasteiger partial charge on any atom is -0.355 e.